The van der Waals surface area contributed by atoms with Gasteiger partial charge in [-0.05, 0) is 50.0 Å². The van der Waals surface area contributed by atoms with E-state index in [0.717, 1.165) is 37.7 Å². The fourth-order valence-corrected chi connectivity index (χ4v) is 6.76. The highest BCUT2D eigenvalue weighted by atomic mass is 19.1. The van der Waals surface area contributed by atoms with E-state index < -0.39 is 36.5 Å². The van der Waals surface area contributed by atoms with Crippen LogP contribution in [-0.2, 0) is 9.59 Å². The molecular weight excluding hydrogens is 504 g/mol. The highest BCUT2D eigenvalue weighted by Gasteiger charge is 2.43. The molecule has 4 rings (SSSR count). The summed E-state index contributed by atoms with van der Waals surface area (Å²) in [6, 6.07) is -1.01. The SMILES string of the molecule is CCCC1CCC(F)CN/C(C(C(=O)NC2CNCC(F)C2N2CCN(C(=O)C3CC3)CC2)C(N)N)=C\1CC. The van der Waals surface area contributed by atoms with Crippen molar-refractivity contribution in [3.63, 3.8) is 0 Å². The molecular formula is C28H49F2N7O2. The minimum Gasteiger partial charge on any atom is -0.385 e. The van der Waals surface area contributed by atoms with Gasteiger partial charge in [0.05, 0.1) is 18.2 Å². The van der Waals surface area contributed by atoms with E-state index in [1.54, 1.807) is 0 Å². The van der Waals surface area contributed by atoms with Gasteiger partial charge in [-0.3, -0.25) is 14.5 Å². The average Bonchev–Trinajstić information content (AvgIpc) is 3.75. The molecule has 0 bridgehead atoms. The van der Waals surface area contributed by atoms with Crippen LogP contribution in [0.1, 0.15) is 58.8 Å². The van der Waals surface area contributed by atoms with Crippen LogP contribution in [0.4, 0.5) is 8.78 Å². The molecule has 6 unspecified atom stereocenters. The van der Waals surface area contributed by atoms with Crippen molar-refractivity contribution in [2.45, 2.75) is 89.4 Å². The van der Waals surface area contributed by atoms with E-state index in [-0.39, 0.29) is 36.7 Å². The first-order chi connectivity index (χ1) is 18.7. The summed E-state index contributed by atoms with van der Waals surface area (Å²) in [4.78, 5) is 30.3. The summed E-state index contributed by atoms with van der Waals surface area (Å²) in [5.74, 6) is -0.715. The molecule has 3 aliphatic heterocycles. The van der Waals surface area contributed by atoms with Crippen molar-refractivity contribution in [1.82, 2.24) is 25.8 Å². The molecule has 0 aromatic heterocycles. The molecule has 6 atom stereocenters. The van der Waals surface area contributed by atoms with Gasteiger partial charge >= 0.3 is 0 Å². The lowest BCUT2D eigenvalue weighted by atomic mass is 9.81. The number of carbonyl (C=O) groups is 2. The van der Waals surface area contributed by atoms with Crippen LogP contribution in [0.2, 0.25) is 0 Å². The van der Waals surface area contributed by atoms with Crippen LogP contribution < -0.4 is 27.4 Å². The van der Waals surface area contributed by atoms with Crippen LogP contribution in [0, 0.1) is 17.8 Å². The van der Waals surface area contributed by atoms with Gasteiger partial charge in [-0.2, -0.15) is 0 Å². The maximum Gasteiger partial charge on any atom is 0.232 e. The van der Waals surface area contributed by atoms with Crippen molar-refractivity contribution >= 4 is 11.8 Å². The zero-order valence-electron chi connectivity index (χ0n) is 23.6. The maximum absolute atomic E-state index is 15.4. The fourth-order valence-electron chi connectivity index (χ4n) is 6.76. The van der Waals surface area contributed by atoms with Crippen LogP contribution >= 0.6 is 0 Å². The molecule has 0 radical (unpaired) electrons. The standard InChI is InChI=1S/C28H49F2N7O2/c1-3-5-17-8-9-19(29)14-34-24(20(17)4-2)23(26(31)32)27(38)35-22-16-33-15-21(30)25(22)36-10-12-37(13-11-36)28(39)18-6-7-18/h17-19,21-23,25-26,33-34H,3-16,31-32H2,1-2H3,(H,35,38)/b24-20-. The van der Waals surface area contributed by atoms with Gasteiger partial charge in [0.25, 0.3) is 0 Å². The molecule has 1 saturated carbocycles. The van der Waals surface area contributed by atoms with Crippen molar-refractivity contribution < 1.29 is 18.4 Å². The van der Waals surface area contributed by atoms with Crippen LogP contribution in [-0.4, -0.2) is 98.0 Å². The number of allylic oxidation sites excluding steroid dienone is 1. The second-order valence-corrected chi connectivity index (χ2v) is 11.8. The van der Waals surface area contributed by atoms with Crippen molar-refractivity contribution in [3.8, 4) is 0 Å². The third-order valence-corrected chi connectivity index (χ3v) is 8.97. The van der Waals surface area contributed by atoms with Gasteiger partial charge in [-0.25, -0.2) is 8.78 Å². The highest BCUT2D eigenvalue weighted by Crippen LogP contribution is 2.33. The van der Waals surface area contributed by atoms with Crippen LogP contribution in [0.15, 0.2) is 11.3 Å². The number of carbonyl (C=O) groups excluding carboxylic acids is 2. The maximum atomic E-state index is 15.4. The molecule has 0 aromatic carbocycles. The number of amides is 2. The van der Waals surface area contributed by atoms with Crippen LogP contribution in [0.3, 0.4) is 0 Å². The van der Waals surface area contributed by atoms with E-state index in [1.807, 2.05) is 11.8 Å². The Kier molecular flexibility index (Phi) is 10.6. The number of piperidine rings is 1. The number of hydrogen-bond acceptors (Lipinski definition) is 7. The van der Waals surface area contributed by atoms with E-state index in [1.165, 1.54) is 0 Å². The minimum absolute atomic E-state index is 0.109. The number of halogens is 2. The molecule has 9 nitrogen and oxygen atoms in total. The first kappa shape index (κ1) is 30.1. The van der Waals surface area contributed by atoms with Gasteiger partial charge in [0, 0.05) is 57.4 Å². The number of alkyl halides is 2. The second kappa shape index (κ2) is 13.7. The number of hydrogen-bond donors (Lipinski definition) is 5. The quantitative estimate of drug-likeness (QED) is 0.270. The van der Waals surface area contributed by atoms with Gasteiger partial charge in [-0.15, -0.1) is 0 Å². The highest BCUT2D eigenvalue weighted by molar-refractivity contribution is 5.83. The van der Waals surface area contributed by atoms with Crippen molar-refractivity contribution in [2.24, 2.45) is 29.2 Å². The predicted molar refractivity (Wildman–Crippen MR) is 148 cm³/mol. The summed E-state index contributed by atoms with van der Waals surface area (Å²) >= 11 is 0. The summed E-state index contributed by atoms with van der Waals surface area (Å²) < 4.78 is 30.0. The first-order valence-corrected chi connectivity index (χ1v) is 15.0. The van der Waals surface area contributed by atoms with E-state index in [2.05, 4.69) is 27.8 Å². The van der Waals surface area contributed by atoms with E-state index in [9.17, 15) is 14.0 Å². The number of nitrogens with one attached hydrogen (secondary N) is 3. The normalized spacial score (nSPS) is 33.7. The Morgan fingerprint density at radius 1 is 1.03 bits per heavy atom. The lowest BCUT2D eigenvalue weighted by molar-refractivity contribution is -0.135. The summed E-state index contributed by atoms with van der Waals surface area (Å²) in [5, 5.41) is 9.41. The Labute approximate surface area is 231 Å². The molecule has 7 N–H and O–H groups in total. The summed E-state index contributed by atoms with van der Waals surface area (Å²) in [7, 11) is 0. The topological polar surface area (TPSA) is 129 Å². The van der Waals surface area contributed by atoms with Crippen molar-refractivity contribution in [2.75, 3.05) is 45.8 Å². The van der Waals surface area contributed by atoms with E-state index in [0.29, 0.717) is 51.3 Å². The van der Waals surface area contributed by atoms with Gasteiger partial charge in [0.2, 0.25) is 11.8 Å². The smallest absolute Gasteiger partial charge is 0.232 e. The molecule has 4 aliphatic rings. The largest absolute Gasteiger partial charge is 0.385 e. The first-order valence-electron chi connectivity index (χ1n) is 15.0. The zero-order chi connectivity index (χ0) is 28.1. The molecule has 0 aromatic rings. The molecule has 1 aliphatic carbocycles. The molecule has 39 heavy (non-hydrogen) atoms. The molecule has 2 saturated heterocycles. The van der Waals surface area contributed by atoms with E-state index >= 15 is 4.39 Å². The average molecular weight is 554 g/mol. The molecule has 3 heterocycles. The Hall–Kier alpha value is -1.82. The Morgan fingerprint density at radius 3 is 2.36 bits per heavy atom. The third-order valence-electron chi connectivity index (χ3n) is 8.97. The minimum atomic E-state index is -1.18. The second-order valence-electron chi connectivity index (χ2n) is 11.8. The number of nitrogens with zero attached hydrogens (tertiary/aromatic N) is 2. The number of rotatable bonds is 9. The van der Waals surface area contributed by atoms with Crippen LogP contribution in [0.25, 0.3) is 0 Å². The fraction of sp³-hybridized carbons (Fsp3) is 0.857. The van der Waals surface area contributed by atoms with Crippen molar-refractivity contribution in [1.29, 1.82) is 0 Å². The van der Waals surface area contributed by atoms with Crippen LogP contribution in [0.5, 0.6) is 0 Å². The van der Waals surface area contributed by atoms with E-state index in [4.69, 9.17) is 11.5 Å². The summed E-state index contributed by atoms with van der Waals surface area (Å²) in [6.45, 7) is 7.18. The Morgan fingerprint density at radius 2 is 1.74 bits per heavy atom. The monoisotopic (exact) mass is 553 g/mol. The lowest BCUT2D eigenvalue weighted by Crippen LogP contribution is -2.68. The van der Waals surface area contributed by atoms with Gasteiger partial charge in [0.1, 0.15) is 18.3 Å². The Balaban J connectivity index is 1.51. The van der Waals surface area contributed by atoms with Gasteiger partial charge in [-0.1, -0.05) is 20.3 Å². The van der Waals surface area contributed by atoms with Crippen molar-refractivity contribution in [3.05, 3.63) is 11.3 Å². The summed E-state index contributed by atoms with van der Waals surface area (Å²) in [6.07, 6.45) is 2.53. The predicted octanol–water partition coefficient (Wildman–Crippen LogP) is 0.997. The molecule has 222 valence electrons. The number of piperazine rings is 1. The molecule has 3 fully saturated rings. The van der Waals surface area contributed by atoms with Gasteiger partial charge < -0.3 is 32.3 Å². The third kappa shape index (κ3) is 7.28. The lowest BCUT2D eigenvalue weighted by Gasteiger charge is -2.46. The number of nitrogens with two attached hydrogens (primary N) is 2. The molecule has 2 amide bonds. The van der Waals surface area contributed by atoms with Gasteiger partial charge in [0.15, 0.2) is 0 Å². The molecule has 11 heteroatoms. The zero-order valence-corrected chi connectivity index (χ0v) is 23.6. The molecule has 0 spiro atoms. The Bertz CT molecular complexity index is 876. The summed E-state index contributed by atoms with van der Waals surface area (Å²) in [5.41, 5.74) is 14.2.